The molecule has 114 valence electrons. The van der Waals surface area contributed by atoms with Gasteiger partial charge in [-0.15, -0.1) is 0 Å². The van der Waals surface area contributed by atoms with Crippen LogP contribution in [-0.2, 0) is 0 Å². The fraction of sp³-hybridized carbons (Fsp3) is 0.389. The quantitative estimate of drug-likeness (QED) is 0.923. The Kier molecular flexibility index (Phi) is 3.17. The van der Waals surface area contributed by atoms with Crippen molar-refractivity contribution in [1.82, 2.24) is 4.90 Å². The van der Waals surface area contributed by atoms with E-state index < -0.39 is 0 Å². The third kappa shape index (κ3) is 1.82. The summed E-state index contributed by atoms with van der Waals surface area (Å²) in [5, 5.41) is 2.57. The van der Waals surface area contributed by atoms with Gasteiger partial charge in [-0.1, -0.05) is 35.9 Å². The smallest absolute Gasteiger partial charge is 0.255 e. The molecule has 2 aromatic carbocycles. The van der Waals surface area contributed by atoms with Gasteiger partial charge in [0.25, 0.3) is 5.91 Å². The van der Waals surface area contributed by atoms with Crippen LogP contribution < -0.4 is 5.73 Å². The maximum absolute atomic E-state index is 13.2. The van der Waals surface area contributed by atoms with Crippen molar-refractivity contribution >= 4 is 28.3 Å². The fourth-order valence-corrected chi connectivity index (χ4v) is 4.46. The first-order chi connectivity index (χ1) is 10.7. The molecule has 1 saturated heterocycles. The first kappa shape index (κ1) is 14.0. The van der Waals surface area contributed by atoms with Gasteiger partial charge in [0.15, 0.2) is 0 Å². The topological polar surface area (TPSA) is 46.3 Å². The van der Waals surface area contributed by atoms with E-state index in [0.29, 0.717) is 23.0 Å². The molecule has 1 heterocycles. The maximum atomic E-state index is 13.2. The van der Waals surface area contributed by atoms with Gasteiger partial charge in [0.2, 0.25) is 0 Å². The number of carbonyl (C=O) groups is 1. The fourth-order valence-electron chi connectivity index (χ4n) is 4.24. The van der Waals surface area contributed by atoms with Gasteiger partial charge in [-0.05, 0) is 48.1 Å². The second-order valence-electron chi connectivity index (χ2n) is 6.46. The van der Waals surface area contributed by atoms with Crippen LogP contribution in [0.3, 0.4) is 0 Å². The molecule has 2 aliphatic rings. The van der Waals surface area contributed by atoms with Crippen LogP contribution in [0.1, 0.15) is 29.6 Å². The molecule has 2 N–H and O–H groups in total. The highest BCUT2D eigenvalue weighted by atomic mass is 35.5. The van der Waals surface area contributed by atoms with E-state index in [1.807, 2.05) is 35.2 Å². The van der Waals surface area contributed by atoms with Crippen molar-refractivity contribution in [2.45, 2.75) is 24.8 Å². The van der Waals surface area contributed by atoms with Gasteiger partial charge in [0.1, 0.15) is 0 Å². The number of fused-ring (bicyclic) bond motifs is 2. The van der Waals surface area contributed by atoms with Crippen molar-refractivity contribution in [2.75, 3.05) is 13.1 Å². The van der Waals surface area contributed by atoms with Crippen LogP contribution in [-0.4, -0.2) is 29.4 Å². The Morgan fingerprint density at radius 2 is 2.14 bits per heavy atom. The molecule has 4 heteroatoms. The normalized spacial score (nSPS) is 26.8. The number of rotatable bonds is 2. The van der Waals surface area contributed by atoms with E-state index in [1.165, 1.54) is 6.42 Å². The number of hydrogen-bond donors (Lipinski definition) is 1. The minimum Gasteiger partial charge on any atom is -0.331 e. The van der Waals surface area contributed by atoms with Gasteiger partial charge in [-0.25, -0.2) is 0 Å². The molecule has 2 unspecified atom stereocenters. The number of nitrogens with two attached hydrogens (primary N) is 1. The van der Waals surface area contributed by atoms with Crippen LogP contribution in [0.2, 0.25) is 5.02 Å². The summed E-state index contributed by atoms with van der Waals surface area (Å²) in [5.74, 6) is 0.651. The SMILES string of the molecule is NCC12CCC1CCN2C(=O)c1cc(Cl)cc2ccccc12. The third-order valence-corrected chi connectivity index (χ3v) is 5.80. The number of carbonyl (C=O) groups excluding carboxylic acids is 1. The van der Waals surface area contributed by atoms with Gasteiger partial charge < -0.3 is 10.6 Å². The predicted octanol–water partition coefficient (Wildman–Crippen LogP) is 3.45. The molecule has 1 amide bonds. The molecule has 1 aliphatic carbocycles. The van der Waals surface area contributed by atoms with Crippen LogP contribution in [0.15, 0.2) is 36.4 Å². The summed E-state index contributed by atoms with van der Waals surface area (Å²) < 4.78 is 0. The molecule has 22 heavy (non-hydrogen) atoms. The van der Waals surface area contributed by atoms with E-state index in [2.05, 4.69) is 0 Å². The Labute approximate surface area is 135 Å². The van der Waals surface area contributed by atoms with Crippen LogP contribution in [0.4, 0.5) is 0 Å². The summed E-state index contributed by atoms with van der Waals surface area (Å²) in [5.41, 5.74) is 6.63. The second kappa shape index (κ2) is 4.97. The number of benzene rings is 2. The number of likely N-dealkylation sites (tertiary alicyclic amines) is 1. The monoisotopic (exact) mass is 314 g/mol. The average Bonchev–Trinajstić information content (AvgIpc) is 2.76. The lowest BCUT2D eigenvalue weighted by molar-refractivity contribution is 0.0225. The summed E-state index contributed by atoms with van der Waals surface area (Å²) in [6.07, 6.45) is 3.29. The third-order valence-electron chi connectivity index (χ3n) is 5.58. The largest absolute Gasteiger partial charge is 0.331 e. The zero-order valence-corrected chi connectivity index (χ0v) is 13.1. The van der Waals surface area contributed by atoms with E-state index in [-0.39, 0.29) is 11.4 Å². The Morgan fingerprint density at radius 3 is 2.86 bits per heavy atom. The van der Waals surface area contributed by atoms with Crippen molar-refractivity contribution in [2.24, 2.45) is 11.7 Å². The van der Waals surface area contributed by atoms with E-state index in [1.54, 1.807) is 6.07 Å². The van der Waals surface area contributed by atoms with Crippen LogP contribution in [0.5, 0.6) is 0 Å². The Hall–Kier alpha value is -1.58. The highest BCUT2D eigenvalue weighted by Gasteiger charge is 2.55. The molecule has 2 atom stereocenters. The predicted molar refractivity (Wildman–Crippen MR) is 89.1 cm³/mol. The highest BCUT2D eigenvalue weighted by molar-refractivity contribution is 6.32. The summed E-state index contributed by atoms with van der Waals surface area (Å²) in [6.45, 7) is 1.36. The molecule has 1 saturated carbocycles. The van der Waals surface area contributed by atoms with E-state index >= 15 is 0 Å². The molecular formula is C18H19ClN2O. The van der Waals surface area contributed by atoms with Gasteiger partial charge in [-0.2, -0.15) is 0 Å². The summed E-state index contributed by atoms with van der Waals surface area (Å²) in [4.78, 5) is 15.2. The number of amides is 1. The van der Waals surface area contributed by atoms with Crippen molar-refractivity contribution < 1.29 is 4.79 Å². The van der Waals surface area contributed by atoms with Gasteiger partial charge >= 0.3 is 0 Å². The molecule has 0 radical (unpaired) electrons. The minimum atomic E-state index is -0.111. The Bertz CT molecular complexity index is 756. The van der Waals surface area contributed by atoms with Gasteiger partial charge in [0, 0.05) is 23.7 Å². The summed E-state index contributed by atoms with van der Waals surface area (Å²) in [7, 11) is 0. The molecule has 1 aliphatic heterocycles. The lowest BCUT2D eigenvalue weighted by atomic mass is 9.67. The van der Waals surface area contributed by atoms with Crippen molar-refractivity contribution in [3.8, 4) is 0 Å². The van der Waals surface area contributed by atoms with E-state index in [0.717, 1.165) is 30.2 Å². The number of hydrogen-bond acceptors (Lipinski definition) is 2. The lowest BCUT2D eigenvalue weighted by Crippen LogP contribution is -2.60. The molecule has 0 aromatic heterocycles. The standard InChI is InChI=1S/C18H19ClN2O/c19-14-9-12-3-1-2-4-15(12)16(10-14)17(22)21-8-6-13-5-7-18(13,21)11-20/h1-4,9-10,13H,5-8,11,20H2. The lowest BCUT2D eigenvalue weighted by Gasteiger charge is -2.49. The summed E-state index contributed by atoms with van der Waals surface area (Å²) >= 11 is 6.23. The van der Waals surface area contributed by atoms with Crippen molar-refractivity contribution in [1.29, 1.82) is 0 Å². The Balaban J connectivity index is 1.81. The zero-order chi connectivity index (χ0) is 15.3. The number of nitrogens with zero attached hydrogens (tertiary/aromatic N) is 1. The molecule has 2 aromatic rings. The zero-order valence-electron chi connectivity index (χ0n) is 12.4. The van der Waals surface area contributed by atoms with Crippen LogP contribution in [0, 0.1) is 5.92 Å². The molecule has 0 bridgehead atoms. The van der Waals surface area contributed by atoms with E-state index in [9.17, 15) is 4.79 Å². The van der Waals surface area contributed by atoms with Gasteiger partial charge in [-0.3, -0.25) is 4.79 Å². The van der Waals surface area contributed by atoms with Crippen molar-refractivity contribution in [3.63, 3.8) is 0 Å². The second-order valence-corrected chi connectivity index (χ2v) is 6.90. The first-order valence-electron chi connectivity index (χ1n) is 7.86. The molecule has 3 nitrogen and oxygen atoms in total. The summed E-state index contributed by atoms with van der Waals surface area (Å²) in [6, 6.07) is 11.6. The van der Waals surface area contributed by atoms with Crippen LogP contribution in [0.25, 0.3) is 10.8 Å². The molecule has 2 fully saturated rings. The van der Waals surface area contributed by atoms with Gasteiger partial charge in [0.05, 0.1) is 5.54 Å². The van der Waals surface area contributed by atoms with E-state index in [4.69, 9.17) is 17.3 Å². The van der Waals surface area contributed by atoms with Crippen LogP contribution >= 0.6 is 11.6 Å². The average molecular weight is 315 g/mol. The van der Waals surface area contributed by atoms with Crippen molar-refractivity contribution in [3.05, 3.63) is 47.0 Å². The first-order valence-corrected chi connectivity index (χ1v) is 8.24. The highest BCUT2D eigenvalue weighted by Crippen LogP contribution is 2.50. The maximum Gasteiger partial charge on any atom is 0.255 e. The Morgan fingerprint density at radius 1 is 1.32 bits per heavy atom. The molecule has 4 rings (SSSR count). The number of halogens is 1. The molecular weight excluding hydrogens is 296 g/mol. The minimum absolute atomic E-state index is 0.0753. The molecule has 0 spiro atoms.